The van der Waals surface area contributed by atoms with Gasteiger partial charge in [-0.3, -0.25) is 14.5 Å². The quantitative estimate of drug-likeness (QED) is 0.0316. The molecule has 2 aliphatic rings. The molecule has 7 N–H and O–H groups in total. The molecule has 5 heterocycles. The van der Waals surface area contributed by atoms with Crippen molar-refractivity contribution in [3.63, 3.8) is 0 Å². The number of benzene rings is 1. The summed E-state index contributed by atoms with van der Waals surface area (Å²) in [6.07, 6.45) is 1.37. The van der Waals surface area contributed by atoms with Crippen molar-refractivity contribution in [3.05, 3.63) is 63.7 Å². The first-order valence-corrected chi connectivity index (χ1v) is 16.5. The van der Waals surface area contributed by atoms with Crippen LogP contribution in [0.1, 0.15) is 27.3 Å². The number of aromatic nitrogens is 5. The minimum atomic E-state index is -1.36. The van der Waals surface area contributed by atoms with Crippen LogP contribution in [0.15, 0.2) is 51.4 Å². The molecule has 18 nitrogen and oxygen atoms in total. The van der Waals surface area contributed by atoms with E-state index >= 15 is 0 Å². The summed E-state index contributed by atoms with van der Waals surface area (Å²) in [5, 5.41) is 51.4. The van der Waals surface area contributed by atoms with Crippen LogP contribution in [0.5, 0.6) is 11.5 Å². The maximum Gasteiger partial charge on any atom is 0.352 e. The van der Waals surface area contributed by atoms with Gasteiger partial charge in [-0.25, -0.2) is 19.6 Å². The average Bonchev–Trinajstić information content (AvgIpc) is 3.70. The first-order chi connectivity index (χ1) is 22.9. The van der Waals surface area contributed by atoms with Gasteiger partial charge in [-0.15, -0.1) is 34.9 Å². The number of anilines is 1. The smallest absolute Gasteiger partial charge is 0.352 e. The second-order valence-corrected chi connectivity index (χ2v) is 13.2. The normalized spacial score (nSPS) is 17.6. The van der Waals surface area contributed by atoms with Gasteiger partial charge in [0.2, 0.25) is 0 Å². The fourth-order valence-corrected chi connectivity index (χ4v) is 7.93. The molecule has 1 aromatic carbocycles. The molecule has 0 aliphatic carbocycles. The van der Waals surface area contributed by atoms with Gasteiger partial charge in [0.15, 0.2) is 22.3 Å². The molecule has 48 heavy (non-hydrogen) atoms. The van der Waals surface area contributed by atoms with Crippen LogP contribution in [0.25, 0.3) is 5.78 Å². The molecule has 0 spiro atoms. The number of nitrogen functional groups attached to an aromatic ring is 1. The second-order valence-electron chi connectivity index (χ2n) is 10.2. The summed E-state index contributed by atoms with van der Waals surface area (Å²) >= 11 is 3.60. The Labute approximate surface area is 281 Å². The number of hydrogen-bond acceptors (Lipinski definition) is 16. The van der Waals surface area contributed by atoms with Crippen LogP contribution >= 0.6 is 34.9 Å². The SMILES string of the molecule is Cc1cc(SCC2=C(C(=O)O)N3C(=O)[C@@H](NC(=O)C(=NOCc4cc(C(=O)O)cc(O)c4O)c4csc(N)n4)[C@H]3SC2)n2ncnc2n1. The van der Waals surface area contributed by atoms with Gasteiger partial charge in [-0.1, -0.05) is 5.16 Å². The Balaban J connectivity index is 1.18. The van der Waals surface area contributed by atoms with Crippen molar-refractivity contribution in [1.82, 2.24) is 34.8 Å². The summed E-state index contributed by atoms with van der Waals surface area (Å²) in [4.78, 5) is 69.3. The fourth-order valence-electron chi connectivity index (χ4n) is 4.84. The van der Waals surface area contributed by atoms with Gasteiger partial charge in [-0.2, -0.15) is 14.6 Å². The highest BCUT2D eigenvalue weighted by molar-refractivity contribution is 8.01. The number of phenols is 2. The van der Waals surface area contributed by atoms with Crippen molar-refractivity contribution in [2.75, 3.05) is 17.2 Å². The number of aliphatic carboxylic acids is 1. The molecule has 248 valence electrons. The number of hydrogen-bond donors (Lipinski definition) is 6. The van der Waals surface area contributed by atoms with E-state index in [9.17, 15) is 39.6 Å². The summed E-state index contributed by atoms with van der Waals surface area (Å²) < 4.78 is 1.54. The zero-order valence-electron chi connectivity index (χ0n) is 24.4. The van der Waals surface area contributed by atoms with E-state index < -0.39 is 59.0 Å². The summed E-state index contributed by atoms with van der Waals surface area (Å²) in [7, 11) is 0. The summed E-state index contributed by atoms with van der Waals surface area (Å²) in [6.45, 7) is 1.25. The molecule has 0 bridgehead atoms. The molecule has 6 rings (SSSR count). The third-order valence-corrected chi connectivity index (χ3v) is 10.1. The van der Waals surface area contributed by atoms with E-state index in [0.717, 1.165) is 28.4 Å². The Morgan fingerprint density at radius 1 is 1.19 bits per heavy atom. The summed E-state index contributed by atoms with van der Waals surface area (Å²) in [6, 6.07) is 2.60. The first kappa shape index (κ1) is 32.5. The Morgan fingerprint density at radius 3 is 2.69 bits per heavy atom. The molecular weight excluding hydrogens is 691 g/mol. The zero-order chi connectivity index (χ0) is 34.3. The van der Waals surface area contributed by atoms with E-state index in [-0.39, 0.29) is 39.2 Å². The number of aromatic carboxylic acids is 1. The van der Waals surface area contributed by atoms with Crippen molar-refractivity contribution >= 4 is 75.2 Å². The van der Waals surface area contributed by atoms with Crippen molar-refractivity contribution in [3.8, 4) is 11.5 Å². The van der Waals surface area contributed by atoms with Crippen LogP contribution in [0, 0.1) is 6.92 Å². The van der Waals surface area contributed by atoms with Crippen molar-refractivity contribution < 1.29 is 44.4 Å². The van der Waals surface area contributed by atoms with Gasteiger partial charge in [0.1, 0.15) is 40.8 Å². The number of phenolic OH excluding ortho intramolecular Hbond substituents is 2. The lowest BCUT2D eigenvalue weighted by atomic mass is 10.0. The minimum absolute atomic E-state index is 0.000415. The number of nitrogens with one attached hydrogen (secondary N) is 1. The number of thioether (sulfide) groups is 2. The van der Waals surface area contributed by atoms with E-state index in [1.54, 1.807) is 13.0 Å². The number of carbonyl (C=O) groups is 4. The van der Waals surface area contributed by atoms with E-state index in [1.165, 1.54) is 39.7 Å². The van der Waals surface area contributed by atoms with Crippen LogP contribution in [0.4, 0.5) is 5.13 Å². The lowest BCUT2D eigenvalue weighted by Gasteiger charge is -2.49. The van der Waals surface area contributed by atoms with Crippen LogP contribution < -0.4 is 11.1 Å². The highest BCUT2D eigenvalue weighted by Crippen LogP contribution is 2.41. The Morgan fingerprint density at radius 2 is 1.98 bits per heavy atom. The number of nitrogens with zero attached hydrogens (tertiary/aromatic N) is 7. The monoisotopic (exact) mass is 713 g/mol. The minimum Gasteiger partial charge on any atom is -0.504 e. The molecular formula is C27H23N9O9S3. The van der Waals surface area contributed by atoms with Crippen molar-refractivity contribution in [2.45, 2.75) is 30.0 Å². The number of aryl methyl sites for hydroxylation is 1. The molecule has 21 heteroatoms. The van der Waals surface area contributed by atoms with Gasteiger partial charge < -0.3 is 36.3 Å². The Hall–Kier alpha value is -5.41. The number of carboxylic acid groups (broad SMARTS) is 2. The van der Waals surface area contributed by atoms with Crippen LogP contribution in [0.3, 0.4) is 0 Å². The number of carbonyl (C=O) groups excluding carboxylic acids is 2. The molecule has 0 radical (unpaired) electrons. The lowest BCUT2D eigenvalue weighted by Crippen LogP contribution is -2.71. The number of nitrogens with two attached hydrogens (primary N) is 1. The topological polar surface area (TPSA) is 268 Å². The van der Waals surface area contributed by atoms with Crippen LogP contribution in [0.2, 0.25) is 0 Å². The maximum absolute atomic E-state index is 13.4. The van der Waals surface area contributed by atoms with Gasteiger partial charge >= 0.3 is 11.9 Å². The van der Waals surface area contributed by atoms with Gasteiger partial charge in [0.05, 0.1) is 5.56 Å². The average molecular weight is 714 g/mol. The summed E-state index contributed by atoms with van der Waals surface area (Å²) in [5.74, 6) is -4.63. The highest BCUT2D eigenvalue weighted by atomic mass is 32.2. The van der Waals surface area contributed by atoms with Crippen molar-refractivity contribution in [2.24, 2.45) is 5.16 Å². The van der Waals surface area contributed by atoms with E-state index in [2.05, 4.69) is 30.5 Å². The largest absolute Gasteiger partial charge is 0.504 e. The number of β-lactam (4-membered cyclic amide) rings is 1. The standard InChI is InChI=1S/C27H23N9O9S3/c1-10-2-16(36-27(31-10)29-9-30-36)46-6-13-7-47-23-18(22(40)35(23)19(13)25(43)44)33-21(39)17(14-8-48-26(28)32-14)34-45-5-12-3-11(24(41)42)4-15(37)20(12)38/h2-4,8-9,18,23,37-38H,5-7H2,1H3,(H2,28,32)(H,33,39)(H,41,42)(H,43,44)/t18-,23-/m1/s1. The highest BCUT2D eigenvalue weighted by Gasteiger charge is 2.54. The van der Waals surface area contributed by atoms with E-state index in [4.69, 9.17) is 10.6 Å². The van der Waals surface area contributed by atoms with E-state index in [0.29, 0.717) is 22.1 Å². The number of fused-ring (bicyclic) bond motifs is 2. The predicted octanol–water partition coefficient (Wildman–Crippen LogP) is 1.03. The first-order valence-electron chi connectivity index (χ1n) is 13.6. The Kier molecular flexibility index (Phi) is 8.81. The number of carboxylic acids is 2. The fraction of sp³-hybridized carbons (Fsp3) is 0.222. The molecule has 4 aromatic rings. The maximum atomic E-state index is 13.4. The third-order valence-electron chi connectivity index (χ3n) is 7.05. The molecule has 2 amide bonds. The molecule has 2 atom stereocenters. The van der Waals surface area contributed by atoms with Gasteiger partial charge in [0.25, 0.3) is 17.6 Å². The molecule has 2 aliphatic heterocycles. The molecule has 1 saturated heterocycles. The number of amides is 2. The van der Waals surface area contributed by atoms with Crippen LogP contribution in [-0.4, -0.2) is 102 Å². The third kappa shape index (κ3) is 6.16. The summed E-state index contributed by atoms with van der Waals surface area (Å²) in [5.41, 5.74) is 5.92. The molecule has 1 fully saturated rings. The number of rotatable bonds is 11. The van der Waals surface area contributed by atoms with Gasteiger partial charge in [0, 0.05) is 28.1 Å². The molecule has 0 saturated carbocycles. The predicted molar refractivity (Wildman–Crippen MR) is 171 cm³/mol. The number of oxime groups is 1. The molecule has 3 aromatic heterocycles. The molecule has 0 unspecified atom stereocenters. The lowest BCUT2D eigenvalue weighted by molar-refractivity contribution is -0.150. The number of thiazole rings is 1. The Bertz CT molecular complexity index is 2060. The van der Waals surface area contributed by atoms with E-state index in [1.807, 2.05) is 0 Å². The second kappa shape index (κ2) is 13.0. The van der Waals surface area contributed by atoms with Gasteiger partial charge in [-0.05, 0) is 30.7 Å². The zero-order valence-corrected chi connectivity index (χ0v) is 26.9. The number of aromatic hydroxyl groups is 2. The van der Waals surface area contributed by atoms with Crippen molar-refractivity contribution in [1.29, 1.82) is 0 Å². The van der Waals surface area contributed by atoms with Crippen LogP contribution in [-0.2, 0) is 25.8 Å².